The van der Waals surface area contributed by atoms with Crippen LogP contribution in [0.2, 0.25) is 0 Å². The maximum Gasteiger partial charge on any atom is 0.407 e. The number of carbonyl (C=O) groups is 1. The van der Waals surface area contributed by atoms with E-state index in [9.17, 15) is 14.7 Å². The number of aromatic nitrogens is 1. The van der Waals surface area contributed by atoms with Crippen LogP contribution in [-0.4, -0.2) is 41.0 Å². The third kappa shape index (κ3) is 4.46. The number of aliphatic hydroxyl groups is 1. The maximum absolute atomic E-state index is 15.3. The second-order valence-electron chi connectivity index (χ2n) is 9.98. The summed E-state index contributed by atoms with van der Waals surface area (Å²) in [5.74, 6) is -0.183. The molecule has 8 heteroatoms. The highest BCUT2D eigenvalue weighted by Gasteiger charge is 2.31. The van der Waals surface area contributed by atoms with E-state index in [1.54, 1.807) is 4.57 Å². The summed E-state index contributed by atoms with van der Waals surface area (Å²) >= 11 is 0. The number of nitrogens with one attached hydrogen (secondary N) is 1. The fourth-order valence-corrected chi connectivity index (χ4v) is 4.68. The summed E-state index contributed by atoms with van der Waals surface area (Å²) < 4.78 is 22.4. The first kappa shape index (κ1) is 22.6. The molecule has 1 aliphatic heterocycles. The topological polar surface area (TPSA) is 83.8 Å². The van der Waals surface area contributed by atoms with Gasteiger partial charge in [0, 0.05) is 37.1 Å². The molecule has 2 aliphatic rings. The molecule has 1 amide bonds. The van der Waals surface area contributed by atoms with Crippen molar-refractivity contribution in [3.05, 3.63) is 39.4 Å². The lowest BCUT2D eigenvalue weighted by molar-refractivity contribution is 0.0520. The molecule has 1 saturated carbocycles. The van der Waals surface area contributed by atoms with Gasteiger partial charge in [0.15, 0.2) is 0 Å². The third-order valence-corrected chi connectivity index (χ3v) is 6.20. The van der Waals surface area contributed by atoms with Crippen LogP contribution in [0.15, 0.2) is 16.9 Å². The standard InChI is InChI=1S/C24H32FN3O4/c1-14-21-18(16(13-29)9-20(30)28(21)17-5-6-17)10-19(25)22(14)27-8-7-15(12-27)11-26-23(31)32-24(2,3)4/h9-10,15,17,29H,5-8,11-13H2,1-4H3,(H,26,31). The summed E-state index contributed by atoms with van der Waals surface area (Å²) in [6.07, 6.45) is 2.23. The SMILES string of the molecule is Cc1c(N2CCC(CNC(=O)OC(C)(C)C)C2)c(F)cc2c(CO)cc(=O)n(C3CC3)c12. The predicted octanol–water partition coefficient (Wildman–Crippen LogP) is 3.63. The highest BCUT2D eigenvalue weighted by Crippen LogP contribution is 2.40. The summed E-state index contributed by atoms with van der Waals surface area (Å²) in [5.41, 5.74) is 1.70. The molecule has 1 aliphatic carbocycles. The Kier molecular flexibility index (Phi) is 5.92. The van der Waals surface area contributed by atoms with Gasteiger partial charge >= 0.3 is 6.09 Å². The lowest BCUT2D eigenvalue weighted by Gasteiger charge is -2.25. The lowest BCUT2D eigenvalue weighted by Crippen LogP contribution is -2.36. The molecule has 174 valence electrons. The molecule has 0 spiro atoms. The largest absolute Gasteiger partial charge is 0.444 e. The van der Waals surface area contributed by atoms with Crippen LogP contribution in [0.4, 0.5) is 14.9 Å². The molecular formula is C24H32FN3O4. The number of rotatable bonds is 5. The number of aliphatic hydroxyl groups excluding tert-OH is 1. The van der Waals surface area contributed by atoms with Gasteiger partial charge in [-0.05, 0) is 70.1 Å². The summed E-state index contributed by atoms with van der Waals surface area (Å²) in [6, 6.07) is 3.01. The molecule has 32 heavy (non-hydrogen) atoms. The number of halogens is 1. The highest BCUT2D eigenvalue weighted by atomic mass is 19.1. The quantitative estimate of drug-likeness (QED) is 0.734. The maximum atomic E-state index is 15.3. The normalized spacial score (nSPS) is 18.9. The number of pyridine rings is 1. The number of alkyl carbamates (subject to hydrolysis) is 1. The first-order valence-electron chi connectivity index (χ1n) is 11.3. The van der Waals surface area contributed by atoms with Gasteiger partial charge in [0.1, 0.15) is 11.4 Å². The van der Waals surface area contributed by atoms with Crippen LogP contribution in [0.3, 0.4) is 0 Å². The van der Waals surface area contributed by atoms with Crippen molar-refractivity contribution in [3.8, 4) is 0 Å². The van der Waals surface area contributed by atoms with Gasteiger partial charge in [-0.3, -0.25) is 4.79 Å². The Morgan fingerprint density at radius 2 is 2.00 bits per heavy atom. The summed E-state index contributed by atoms with van der Waals surface area (Å²) in [4.78, 5) is 26.7. The van der Waals surface area contributed by atoms with Crippen LogP contribution < -0.4 is 15.8 Å². The molecule has 1 aromatic carbocycles. The number of benzene rings is 1. The van der Waals surface area contributed by atoms with E-state index in [1.165, 1.54) is 12.1 Å². The average Bonchev–Trinajstić information content (AvgIpc) is 3.43. The number of nitrogens with zero attached hydrogens (tertiary/aromatic N) is 2. The molecular weight excluding hydrogens is 413 g/mol. The van der Waals surface area contributed by atoms with Crippen molar-refractivity contribution in [2.75, 3.05) is 24.5 Å². The minimum atomic E-state index is -0.554. The van der Waals surface area contributed by atoms with Crippen LogP contribution >= 0.6 is 0 Å². The molecule has 0 bridgehead atoms. The van der Waals surface area contributed by atoms with Gasteiger partial charge < -0.3 is 24.6 Å². The summed E-state index contributed by atoms with van der Waals surface area (Å²) in [6.45, 7) is 8.73. The zero-order valence-corrected chi connectivity index (χ0v) is 19.2. The molecule has 2 heterocycles. The number of hydrogen-bond acceptors (Lipinski definition) is 5. The van der Waals surface area contributed by atoms with E-state index in [4.69, 9.17) is 4.74 Å². The molecule has 0 radical (unpaired) electrons. The Morgan fingerprint density at radius 1 is 1.28 bits per heavy atom. The van der Waals surface area contributed by atoms with Crippen molar-refractivity contribution in [3.63, 3.8) is 0 Å². The third-order valence-electron chi connectivity index (χ3n) is 6.20. The van der Waals surface area contributed by atoms with Crippen molar-refractivity contribution in [2.24, 2.45) is 5.92 Å². The van der Waals surface area contributed by atoms with Crippen LogP contribution in [0.1, 0.15) is 57.2 Å². The Bertz CT molecular complexity index is 1100. The van der Waals surface area contributed by atoms with Crippen LogP contribution in [0.25, 0.3) is 10.9 Å². The fraction of sp³-hybridized carbons (Fsp3) is 0.583. The Hall–Kier alpha value is -2.61. The zero-order chi connectivity index (χ0) is 23.2. The van der Waals surface area contributed by atoms with Crippen molar-refractivity contribution < 1.29 is 19.0 Å². The minimum absolute atomic E-state index is 0.138. The number of anilines is 1. The van der Waals surface area contributed by atoms with E-state index >= 15 is 4.39 Å². The number of aryl methyl sites for hydroxylation is 1. The van der Waals surface area contributed by atoms with Gasteiger partial charge in [-0.15, -0.1) is 0 Å². The van der Waals surface area contributed by atoms with Gasteiger partial charge in [-0.25, -0.2) is 9.18 Å². The molecule has 4 rings (SSSR count). The number of hydrogen-bond donors (Lipinski definition) is 2. The minimum Gasteiger partial charge on any atom is -0.444 e. The van der Waals surface area contributed by atoms with E-state index in [0.29, 0.717) is 36.3 Å². The van der Waals surface area contributed by atoms with Gasteiger partial charge in [0.05, 0.1) is 17.8 Å². The fourth-order valence-electron chi connectivity index (χ4n) is 4.68. The first-order valence-corrected chi connectivity index (χ1v) is 11.3. The molecule has 2 N–H and O–H groups in total. The van der Waals surface area contributed by atoms with Gasteiger partial charge in [0.25, 0.3) is 5.56 Å². The molecule has 1 unspecified atom stereocenters. The zero-order valence-electron chi connectivity index (χ0n) is 19.2. The Morgan fingerprint density at radius 3 is 2.62 bits per heavy atom. The van der Waals surface area contributed by atoms with Crippen molar-refractivity contribution in [2.45, 2.75) is 65.2 Å². The van der Waals surface area contributed by atoms with E-state index in [0.717, 1.165) is 30.3 Å². The Labute approximate surface area is 187 Å². The Balaban J connectivity index is 1.61. The number of carbonyl (C=O) groups excluding carboxylic acids is 1. The smallest absolute Gasteiger partial charge is 0.407 e. The second-order valence-corrected chi connectivity index (χ2v) is 9.98. The van der Waals surface area contributed by atoms with Crippen molar-refractivity contribution in [1.29, 1.82) is 0 Å². The predicted molar refractivity (Wildman–Crippen MR) is 122 cm³/mol. The summed E-state index contributed by atoms with van der Waals surface area (Å²) in [5, 5.41) is 13.2. The monoisotopic (exact) mass is 445 g/mol. The molecule has 2 fully saturated rings. The van der Waals surface area contributed by atoms with Gasteiger partial charge in [-0.1, -0.05) is 0 Å². The molecule has 1 atom stereocenters. The van der Waals surface area contributed by atoms with Gasteiger partial charge in [0.2, 0.25) is 0 Å². The van der Waals surface area contributed by atoms with E-state index < -0.39 is 11.7 Å². The molecule has 1 saturated heterocycles. The van der Waals surface area contributed by atoms with E-state index in [-0.39, 0.29) is 29.9 Å². The number of ether oxygens (including phenoxy) is 1. The average molecular weight is 446 g/mol. The summed E-state index contributed by atoms with van der Waals surface area (Å²) in [7, 11) is 0. The molecule has 1 aromatic heterocycles. The number of amides is 1. The number of fused-ring (bicyclic) bond motifs is 1. The second kappa shape index (κ2) is 8.39. The van der Waals surface area contributed by atoms with E-state index in [1.807, 2.05) is 32.6 Å². The van der Waals surface area contributed by atoms with Crippen LogP contribution in [0, 0.1) is 18.7 Å². The van der Waals surface area contributed by atoms with Gasteiger partial charge in [-0.2, -0.15) is 0 Å². The van der Waals surface area contributed by atoms with E-state index in [2.05, 4.69) is 5.32 Å². The highest BCUT2D eigenvalue weighted by molar-refractivity contribution is 5.90. The van der Waals surface area contributed by atoms with Crippen LogP contribution in [-0.2, 0) is 11.3 Å². The molecule has 7 nitrogen and oxygen atoms in total. The first-order chi connectivity index (χ1) is 15.1. The lowest BCUT2D eigenvalue weighted by atomic mass is 10.0. The van der Waals surface area contributed by atoms with Crippen molar-refractivity contribution >= 4 is 22.7 Å². The van der Waals surface area contributed by atoms with Crippen LogP contribution in [0.5, 0.6) is 0 Å². The van der Waals surface area contributed by atoms with Crippen molar-refractivity contribution in [1.82, 2.24) is 9.88 Å². The molecule has 2 aromatic rings.